The number of aliphatic hydroxyl groups excluding tert-OH is 1. The van der Waals surface area contributed by atoms with Crippen LogP contribution in [0.3, 0.4) is 0 Å². The Morgan fingerprint density at radius 1 is 1.08 bits per heavy atom. The Kier molecular flexibility index (Phi) is 5.39. The summed E-state index contributed by atoms with van der Waals surface area (Å²) in [7, 11) is 0. The van der Waals surface area contributed by atoms with Crippen molar-refractivity contribution in [2.75, 3.05) is 6.61 Å². The van der Waals surface area contributed by atoms with Crippen LogP contribution in [-0.2, 0) is 6.54 Å². The van der Waals surface area contributed by atoms with Crippen molar-refractivity contribution in [1.82, 2.24) is 9.55 Å². The number of ether oxygens (including phenoxy) is 1. The largest absolute Gasteiger partial charge is 0.492 e. The zero-order chi connectivity index (χ0) is 17.8. The van der Waals surface area contributed by atoms with Crippen LogP contribution in [0.15, 0.2) is 48.5 Å². The maximum Gasteiger partial charge on any atom is 0.138 e. The first-order valence-corrected chi connectivity index (χ1v) is 8.96. The predicted molar refractivity (Wildman–Crippen MR) is 101 cm³/mol. The van der Waals surface area contributed by atoms with Crippen molar-refractivity contribution < 1.29 is 9.84 Å². The zero-order valence-electron chi connectivity index (χ0n) is 15.1. The first-order valence-electron chi connectivity index (χ1n) is 8.96. The predicted octanol–water partition coefficient (Wildman–Crippen LogP) is 4.68. The minimum absolute atomic E-state index is 0.531. The van der Waals surface area contributed by atoms with E-state index in [1.807, 2.05) is 41.0 Å². The molecular weight excluding hydrogens is 312 g/mol. The van der Waals surface area contributed by atoms with Crippen molar-refractivity contribution in [3.8, 4) is 5.75 Å². The average Bonchev–Trinajstić information content (AvgIpc) is 3.01. The summed E-state index contributed by atoms with van der Waals surface area (Å²) in [5, 5.41) is 10.0. The number of hydrogen-bond acceptors (Lipinski definition) is 3. The van der Waals surface area contributed by atoms with E-state index in [0.29, 0.717) is 24.9 Å². The number of benzene rings is 2. The van der Waals surface area contributed by atoms with Crippen LogP contribution in [0.25, 0.3) is 11.0 Å². The van der Waals surface area contributed by atoms with Gasteiger partial charge in [-0.3, -0.25) is 0 Å². The Balaban J connectivity index is 1.70. The number of rotatable bonds is 7. The molecule has 0 radical (unpaired) electrons. The molecule has 25 heavy (non-hydrogen) atoms. The third kappa shape index (κ3) is 3.85. The summed E-state index contributed by atoms with van der Waals surface area (Å²) in [6, 6.07) is 16.3. The summed E-state index contributed by atoms with van der Waals surface area (Å²) < 4.78 is 7.94. The maximum atomic E-state index is 10.0. The van der Waals surface area contributed by atoms with Gasteiger partial charge in [0.05, 0.1) is 17.6 Å². The van der Waals surface area contributed by atoms with E-state index in [1.165, 1.54) is 5.56 Å². The highest BCUT2D eigenvalue weighted by Crippen LogP contribution is 2.23. The van der Waals surface area contributed by atoms with Crippen molar-refractivity contribution in [3.05, 3.63) is 59.9 Å². The molecule has 1 N–H and O–H groups in total. The number of aliphatic hydroxyl groups is 1. The van der Waals surface area contributed by atoms with Crippen molar-refractivity contribution >= 4 is 11.0 Å². The van der Waals surface area contributed by atoms with Gasteiger partial charge in [0.2, 0.25) is 0 Å². The average molecular weight is 338 g/mol. The molecule has 4 heteroatoms. The standard InChI is InChI=1S/C21H26N2O2/c1-4-15(2)17-9-11-18(12-10-17)25-14-13-23-20-8-6-5-7-19(20)22-21(23)16(3)24/h5-12,15-16,24H,4,13-14H2,1-3H3. The molecule has 0 bridgehead atoms. The summed E-state index contributed by atoms with van der Waals surface area (Å²) in [6.07, 6.45) is 0.526. The monoisotopic (exact) mass is 338 g/mol. The quantitative estimate of drug-likeness (QED) is 0.680. The molecule has 0 saturated carbocycles. The molecule has 3 rings (SSSR count). The van der Waals surface area contributed by atoms with Crippen molar-refractivity contribution in [2.45, 2.75) is 45.8 Å². The van der Waals surface area contributed by atoms with Gasteiger partial charge in [0, 0.05) is 0 Å². The van der Waals surface area contributed by atoms with E-state index in [2.05, 4.69) is 31.0 Å². The van der Waals surface area contributed by atoms with Crippen molar-refractivity contribution in [1.29, 1.82) is 0 Å². The Hall–Kier alpha value is -2.33. The number of fused-ring (bicyclic) bond motifs is 1. The molecule has 0 saturated heterocycles. The van der Waals surface area contributed by atoms with E-state index >= 15 is 0 Å². The zero-order valence-corrected chi connectivity index (χ0v) is 15.1. The van der Waals surface area contributed by atoms with Gasteiger partial charge in [-0.1, -0.05) is 38.1 Å². The Morgan fingerprint density at radius 3 is 2.48 bits per heavy atom. The smallest absolute Gasteiger partial charge is 0.138 e. The van der Waals surface area contributed by atoms with Gasteiger partial charge in [-0.05, 0) is 49.1 Å². The van der Waals surface area contributed by atoms with Crippen LogP contribution in [-0.4, -0.2) is 21.3 Å². The van der Waals surface area contributed by atoms with Crippen LogP contribution < -0.4 is 4.74 Å². The SMILES string of the molecule is CCC(C)c1ccc(OCCn2c(C(C)O)nc3ccccc32)cc1. The summed E-state index contributed by atoms with van der Waals surface area (Å²) in [4.78, 5) is 4.54. The van der Waals surface area contributed by atoms with Crippen molar-refractivity contribution in [2.24, 2.45) is 0 Å². The molecule has 2 aromatic carbocycles. The lowest BCUT2D eigenvalue weighted by atomic mass is 9.99. The van der Waals surface area contributed by atoms with Gasteiger partial charge in [0.1, 0.15) is 24.3 Å². The molecule has 1 aromatic heterocycles. The van der Waals surface area contributed by atoms with E-state index in [0.717, 1.165) is 23.2 Å². The van der Waals surface area contributed by atoms with E-state index in [-0.39, 0.29) is 0 Å². The molecule has 0 aliphatic carbocycles. The normalized spacial score (nSPS) is 13.8. The lowest BCUT2D eigenvalue weighted by molar-refractivity contribution is 0.181. The highest BCUT2D eigenvalue weighted by Gasteiger charge is 2.14. The van der Waals surface area contributed by atoms with Crippen LogP contribution in [0.2, 0.25) is 0 Å². The topological polar surface area (TPSA) is 47.3 Å². The number of nitrogens with zero attached hydrogens (tertiary/aromatic N) is 2. The van der Waals surface area contributed by atoms with Gasteiger partial charge in [-0.15, -0.1) is 0 Å². The fourth-order valence-electron chi connectivity index (χ4n) is 3.03. The van der Waals surface area contributed by atoms with Gasteiger partial charge in [-0.25, -0.2) is 4.98 Å². The van der Waals surface area contributed by atoms with Crippen LogP contribution in [0, 0.1) is 0 Å². The molecule has 0 spiro atoms. The molecule has 2 unspecified atom stereocenters. The Morgan fingerprint density at radius 2 is 1.80 bits per heavy atom. The third-order valence-electron chi connectivity index (χ3n) is 4.70. The van der Waals surface area contributed by atoms with Crippen LogP contribution in [0.5, 0.6) is 5.75 Å². The first-order chi connectivity index (χ1) is 12.1. The maximum absolute atomic E-state index is 10.0. The van der Waals surface area contributed by atoms with Gasteiger partial charge in [0.15, 0.2) is 0 Å². The second kappa shape index (κ2) is 7.70. The molecule has 1 heterocycles. The molecular formula is C21H26N2O2. The minimum Gasteiger partial charge on any atom is -0.492 e. The number of aromatic nitrogens is 2. The Bertz CT molecular complexity index is 822. The minimum atomic E-state index is -0.609. The molecule has 0 aliphatic rings. The molecule has 0 amide bonds. The van der Waals surface area contributed by atoms with E-state index in [9.17, 15) is 5.11 Å². The second-order valence-corrected chi connectivity index (χ2v) is 6.51. The Labute approximate surface area is 149 Å². The van der Waals surface area contributed by atoms with Crippen LogP contribution in [0.4, 0.5) is 0 Å². The number of para-hydroxylation sites is 2. The molecule has 0 fully saturated rings. The lowest BCUT2D eigenvalue weighted by Crippen LogP contribution is -2.12. The molecule has 2 atom stereocenters. The van der Waals surface area contributed by atoms with E-state index in [4.69, 9.17) is 4.74 Å². The molecule has 3 aromatic rings. The van der Waals surface area contributed by atoms with Crippen molar-refractivity contribution in [3.63, 3.8) is 0 Å². The highest BCUT2D eigenvalue weighted by molar-refractivity contribution is 5.76. The number of imidazole rings is 1. The lowest BCUT2D eigenvalue weighted by Gasteiger charge is -2.13. The summed E-state index contributed by atoms with van der Waals surface area (Å²) in [5.41, 5.74) is 3.26. The van der Waals surface area contributed by atoms with Gasteiger partial charge in [0.25, 0.3) is 0 Å². The third-order valence-corrected chi connectivity index (χ3v) is 4.70. The fourth-order valence-corrected chi connectivity index (χ4v) is 3.03. The van der Waals surface area contributed by atoms with E-state index < -0.39 is 6.10 Å². The molecule has 0 aliphatic heterocycles. The number of hydrogen-bond donors (Lipinski definition) is 1. The van der Waals surface area contributed by atoms with Crippen LogP contribution >= 0.6 is 0 Å². The van der Waals surface area contributed by atoms with Gasteiger partial charge < -0.3 is 14.4 Å². The molecule has 132 valence electrons. The highest BCUT2D eigenvalue weighted by atomic mass is 16.5. The van der Waals surface area contributed by atoms with Gasteiger partial charge >= 0.3 is 0 Å². The van der Waals surface area contributed by atoms with E-state index in [1.54, 1.807) is 6.92 Å². The summed E-state index contributed by atoms with van der Waals surface area (Å²) in [6.45, 7) is 7.35. The second-order valence-electron chi connectivity index (χ2n) is 6.51. The summed E-state index contributed by atoms with van der Waals surface area (Å²) in [5.74, 6) is 2.12. The fraction of sp³-hybridized carbons (Fsp3) is 0.381. The molecule has 4 nitrogen and oxygen atoms in total. The van der Waals surface area contributed by atoms with Crippen LogP contribution in [0.1, 0.15) is 50.6 Å². The summed E-state index contributed by atoms with van der Waals surface area (Å²) >= 11 is 0. The van der Waals surface area contributed by atoms with Gasteiger partial charge in [-0.2, -0.15) is 0 Å². The first kappa shape index (κ1) is 17.5.